The zero-order valence-corrected chi connectivity index (χ0v) is 24.0. The summed E-state index contributed by atoms with van der Waals surface area (Å²) in [4.78, 5) is 42.3. The van der Waals surface area contributed by atoms with Gasteiger partial charge in [0.15, 0.2) is 0 Å². The second kappa shape index (κ2) is 12.8. The van der Waals surface area contributed by atoms with Gasteiger partial charge in [-0.25, -0.2) is 4.39 Å². The van der Waals surface area contributed by atoms with Gasteiger partial charge in [0.1, 0.15) is 24.5 Å². The van der Waals surface area contributed by atoms with Gasteiger partial charge in [-0.15, -0.1) is 5.10 Å². The Kier molecular flexibility index (Phi) is 8.71. The number of rotatable bonds is 11. The molecule has 0 bridgehead atoms. The number of halogens is 2. The molecule has 0 spiro atoms. The Balaban J connectivity index is 1.44. The number of carbonyl (C=O) groups excluding carboxylic acids is 3. The SMILES string of the molecule is CN(CC(=O)N(CC=O)C(Cc1ccc(F)cc1)C(=O)Nc1ccc2nn(C)cc2c1)c1cc(Cl)ccc1-n1cnnn1. The molecule has 43 heavy (non-hydrogen) atoms. The van der Waals surface area contributed by atoms with Crippen molar-refractivity contribution >= 4 is 52.0 Å². The van der Waals surface area contributed by atoms with Crippen molar-refractivity contribution in [2.45, 2.75) is 12.5 Å². The number of hydrogen-bond acceptors (Lipinski definition) is 8. The third kappa shape index (κ3) is 6.84. The standard InChI is InChI=1S/C29H27ClFN9O3/c1-37(26-15-21(30)5-10-25(26)40-18-32-35-36-40)17-28(42)39(11-12-41)27(13-19-3-6-22(31)7-4-19)29(43)33-23-8-9-24-20(14-23)16-38(2)34-24/h3-10,12,14-16,18,27H,11,13,17H2,1-2H3,(H,33,43). The molecule has 220 valence electrons. The van der Waals surface area contributed by atoms with Crippen LogP contribution < -0.4 is 10.2 Å². The van der Waals surface area contributed by atoms with Crippen LogP contribution in [0.25, 0.3) is 16.6 Å². The number of likely N-dealkylation sites (N-methyl/N-ethyl adjacent to an activating group) is 1. The smallest absolute Gasteiger partial charge is 0.247 e. The first-order chi connectivity index (χ1) is 20.7. The molecule has 12 nitrogen and oxygen atoms in total. The number of amides is 2. The predicted molar refractivity (Wildman–Crippen MR) is 158 cm³/mol. The maximum atomic E-state index is 13.8. The minimum absolute atomic E-state index is 0.0393. The van der Waals surface area contributed by atoms with Crippen molar-refractivity contribution < 1.29 is 18.8 Å². The van der Waals surface area contributed by atoms with E-state index in [4.69, 9.17) is 11.6 Å². The largest absolute Gasteiger partial charge is 0.363 e. The summed E-state index contributed by atoms with van der Waals surface area (Å²) in [6, 6.07) is 14.8. The van der Waals surface area contributed by atoms with Crippen LogP contribution in [0, 0.1) is 5.82 Å². The highest BCUT2D eigenvalue weighted by atomic mass is 35.5. The first-order valence-electron chi connectivity index (χ1n) is 13.2. The molecule has 0 aliphatic heterocycles. The van der Waals surface area contributed by atoms with Gasteiger partial charge in [0, 0.05) is 42.8 Å². The fourth-order valence-corrected chi connectivity index (χ4v) is 4.94. The number of benzene rings is 3. The van der Waals surface area contributed by atoms with Gasteiger partial charge >= 0.3 is 0 Å². The molecule has 3 aromatic carbocycles. The summed E-state index contributed by atoms with van der Waals surface area (Å²) in [7, 11) is 3.47. The highest BCUT2D eigenvalue weighted by molar-refractivity contribution is 6.31. The Morgan fingerprint density at radius 3 is 2.63 bits per heavy atom. The lowest BCUT2D eigenvalue weighted by molar-refractivity contribution is -0.138. The molecule has 1 unspecified atom stereocenters. The molecule has 0 aliphatic carbocycles. The van der Waals surface area contributed by atoms with E-state index in [0.717, 1.165) is 10.9 Å². The highest BCUT2D eigenvalue weighted by Gasteiger charge is 2.31. The summed E-state index contributed by atoms with van der Waals surface area (Å²) >= 11 is 6.27. The van der Waals surface area contributed by atoms with Gasteiger partial charge in [0.25, 0.3) is 0 Å². The Labute approximate surface area is 250 Å². The van der Waals surface area contributed by atoms with Crippen molar-refractivity contribution in [2.75, 3.05) is 30.4 Å². The van der Waals surface area contributed by atoms with Crippen LogP contribution in [0.15, 0.2) is 73.2 Å². The maximum Gasteiger partial charge on any atom is 0.247 e. The second-order valence-corrected chi connectivity index (χ2v) is 10.3. The van der Waals surface area contributed by atoms with E-state index in [-0.39, 0.29) is 19.5 Å². The molecule has 1 atom stereocenters. The molecule has 5 rings (SSSR count). The number of tetrazole rings is 1. The van der Waals surface area contributed by atoms with E-state index in [9.17, 15) is 18.8 Å². The van der Waals surface area contributed by atoms with Gasteiger partial charge in [-0.2, -0.15) is 9.78 Å². The Bertz CT molecular complexity index is 1760. The first kappa shape index (κ1) is 29.3. The van der Waals surface area contributed by atoms with Crippen molar-refractivity contribution in [1.82, 2.24) is 34.9 Å². The number of nitrogens with one attached hydrogen (secondary N) is 1. The Morgan fingerprint density at radius 2 is 1.91 bits per heavy atom. The third-order valence-electron chi connectivity index (χ3n) is 6.82. The average molecular weight is 604 g/mol. The van der Waals surface area contributed by atoms with Crippen molar-refractivity contribution in [3.05, 3.63) is 89.6 Å². The van der Waals surface area contributed by atoms with Crippen LogP contribution in [0.4, 0.5) is 15.8 Å². The lowest BCUT2D eigenvalue weighted by Crippen LogP contribution is -2.52. The summed E-state index contributed by atoms with van der Waals surface area (Å²) in [5.74, 6) is -1.44. The fourth-order valence-electron chi connectivity index (χ4n) is 4.77. The van der Waals surface area contributed by atoms with Crippen LogP contribution in [0.1, 0.15) is 5.56 Å². The number of aromatic nitrogens is 6. The number of nitrogens with zero attached hydrogens (tertiary/aromatic N) is 8. The first-order valence-corrected chi connectivity index (χ1v) is 13.6. The number of hydrogen-bond donors (Lipinski definition) is 1. The van der Waals surface area contributed by atoms with Gasteiger partial charge in [-0.3, -0.25) is 14.3 Å². The van der Waals surface area contributed by atoms with Crippen LogP contribution in [0.5, 0.6) is 0 Å². The second-order valence-electron chi connectivity index (χ2n) is 9.87. The van der Waals surface area contributed by atoms with E-state index in [1.165, 1.54) is 40.2 Å². The summed E-state index contributed by atoms with van der Waals surface area (Å²) in [6.07, 6.45) is 3.83. The van der Waals surface area contributed by atoms with E-state index in [1.54, 1.807) is 60.1 Å². The zero-order chi connectivity index (χ0) is 30.5. The minimum Gasteiger partial charge on any atom is -0.363 e. The Hall–Kier alpha value is -5.17. The molecule has 0 fully saturated rings. The fraction of sp³-hybridized carbons (Fsp3) is 0.207. The highest BCUT2D eigenvalue weighted by Crippen LogP contribution is 2.27. The molecule has 0 saturated carbocycles. The quantitative estimate of drug-likeness (QED) is 0.228. The number of fused-ring (bicyclic) bond motifs is 1. The molecule has 1 N–H and O–H groups in total. The van der Waals surface area contributed by atoms with Gasteiger partial charge in [-0.05, 0) is 64.5 Å². The average Bonchev–Trinajstić information content (AvgIpc) is 3.65. The van der Waals surface area contributed by atoms with E-state index in [2.05, 4.69) is 25.9 Å². The lowest BCUT2D eigenvalue weighted by Gasteiger charge is -2.32. The molecule has 0 saturated heterocycles. The summed E-state index contributed by atoms with van der Waals surface area (Å²) in [6.45, 7) is -0.554. The molecular formula is C29H27ClFN9O3. The molecular weight excluding hydrogens is 577 g/mol. The van der Waals surface area contributed by atoms with Crippen molar-refractivity contribution in [3.8, 4) is 5.69 Å². The normalized spacial score (nSPS) is 11.7. The van der Waals surface area contributed by atoms with Gasteiger partial charge in [0.2, 0.25) is 11.8 Å². The third-order valence-corrected chi connectivity index (χ3v) is 7.05. The van der Waals surface area contributed by atoms with Crippen molar-refractivity contribution in [2.24, 2.45) is 7.05 Å². The molecule has 2 heterocycles. The molecule has 2 aromatic heterocycles. The Morgan fingerprint density at radius 1 is 1.12 bits per heavy atom. The predicted octanol–water partition coefficient (Wildman–Crippen LogP) is 3.06. The van der Waals surface area contributed by atoms with E-state index < -0.39 is 23.7 Å². The molecule has 0 radical (unpaired) electrons. The number of aryl methyl sites for hydroxylation is 1. The van der Waals surface area contributed by atoms with Crippen LogP contribution in [-0.4, -0.2) is 79.2 Å². The molecule has 14 heteroatoms. The number of aldehydes is 1. The monoisotopic (exact) mass is 603 g/mol. The number of anilines is 2. The van der Waals surface area contributed by atoms with E-state index in [1.807, 2.05) is 6.20 Å². The van der Waals surface area contributed by atoms with Gasteiger partial charge < -0.3 is 19.9 Å². The molecule has 0 aliphatic rings. The topological polar surface area (TPSA) is 131 Å². The van der Waals surface area contributed by atoms with Gasteiger partial charge in [-0.1, -0.05) is 23.7 Å². The van der Waals surface area contributed by atoms with Gasteiger partial charge in [0.05, 0.1) is 30.0 Å². The number of carbonyl (C=O) groups is 3. The zero-order valence-electron chi connectivity index (χ0n) is 23.3. The molecule has 5 aromatic rings. The maximum absolute atomic E-state index is 13.8. The van der Waals surface area contributed by atoms with Crippen LogP contribution in [-0.2, 0) is 27.9 Å². The minimum atomic E-state index is -1.10. The van der Waals surface area contributed by atoms with Crippen molar-refractivity contribution in [3.63, 3.8) is 0 Å². The summed E-state index contributed by atoms with van der Waals surface area (Å²) in [5, 5.41) is 19.7. The van der Waals surface area contributed by atoms with Crippen LogP contribution in [0.2, 0.25) is 5.02 Å². The van der Waals surface area contributed by atoms with E-state index in [0.29, 0.717) is 33.9 Å². The molecule has 2 amide bonds. The lowest BCUT2D eigenvalue weighted by atomic mass is 10.0. The summed E-state index contributed by atoms with van der Waals surface area (Å²) in [5.41, 5.74) is 2.97. The summed E-state index contributed by atoms with van der Waals surface area (Å²) < 4.78 is 16.7. The van der Waals surface area contributed by atoms with Crippen LogP contribution in [0.3, 0.4) is 0 Å². The van der Waals surface area contributed by atoms with Crippen LogP contribution >= 0.6 is 11.6 Å². The van der Waals surface area contributed by atoms with Crippen molar-refractivity contribution in [1.29, 1.82) is 0 Å². The van der Waals surface area contributed by atoms with E-state index >= 15 is 0 Å².